The normalized spacial score (nSPS) is 27.6. The number of hydroxylamine groups is 2. The third-order valence-electron chi connectivity index (χ3n) is 4.68. The lowest BCUT2D eigenvalue weighted by Gasteiger charge is -2.22. The predicted octanol–water partition coefficient (Wildman–Crippen LogP) is 1.49. The van der Waals surface area contributed by atoms with Gasteiger partial charge in [0.05, 0.1) is 25.1 Å². The quantitative estimate of drug-likeness (QED) is 0.446. The number of hydrogen-bond acceptors (Lipinski definition) is 8. The van der Waals surface area contributed by atoms with Crippen LogP contribution in [-0.2, 0) is 39.9 Å². The van der Waals surface area contributed by atoms with Crippen molar-refractivity contribution in [3.8, 4) is 0 Å². The van der Waals surface area contributed by atoms with Crippen molar-refractivity contribution in [3.05, 3.63) is 35.9 Å². The van der Waals surface area contributed by atoms with Gasteiger partial charge in [-0.15, -0.1) is 0 Å². The van der Waals surface area contributed by atoms with Crippen molar-refractivity contribution in [2.24, 2.45) is 0 Å². The van der Waals surface area contributed by atoms with Gasteiger partial charge in [0.2, 0.25) is 0 Å². The number of carbonyl (C=O) groups is 1. The smallest absolute Gasteiger partial charge is 0.308 e. The van der Waals surface area contributed by atoms with Crippen molar-refractivity contribution in [1.82, 2.24) is 5.06 Å². The standard InChI is InChI=1S/C19H27NO7/c1-22-12-25-17-10-20-16(19(17)26-13-23-2)8-15(27-20)9-18(21)24-11-14-6-4-3-5-7-14/h3-7,15-17,19H,8-13H2,1-2H3/t15-,16-,17-,19-/m1/s1. The van der Waals surface area contributed by atoms with Crippen LogP contribution < -0.4 is 0 Å². The number of carbonyl (C=O) groups excluding carboxylic acids is 1. The van der Waals surface area contributed by atoms with Crippen LogP contribution in [-0.4, -0.2) is 69.7 Å². The molecule has 3 rings (SSSR count). The van der Waals surface area contributed by atoms with Crippen LogP contribution in [0, 0.1) is 0 Å². The Balaban J connectivity index is 1.47. The van der Waals surface area contributed by atoms with Crippen LogP contribution in [0.3, 0.4) is 0 Å². The van der Waals surface area contributed by atoms with Crippen LogP contribution in [0.15, 0.2) is 30.3 Å². The van der Waals surface area contributed by atoms with Gasteiger partial charge in [-0.3, -0.25) is 9.63 Å². The zero-order chi connectivity index (χ0) is 19.1. The molecular formula is C19H27NO7. The molecule has 27 heavy (non-hydrogen) atoms. The molecule has 2 aliphatic heterocycles. The second-order valence-electron chi connectivity index (χ2n) is 6.63. The van der Waals surface area contributed by atoms with E-state index in [9.17, 15) is 4.79 Å². The number of rotatable bonds is 10. The minimum absolute atomic E-state index is 0.00827. The first-order chi connectivity index (χ1) is 13.2. The van der Waals surface area contributed by atoms with Crippen LogP contribution in [0.2, 0.25) is 0 Å². The first-order valence-corrected chi connectivity index (χ1v) is 9.05. The second kappa shape index (κ2) is 10.1. The van der Waals surface area contributed by atoms with Crippen molar-refractivity contribution >= 4 is 5.97 Å². The molecule has 1 aromatic rings. The third-order valence-corrected chi connectivity index (χ3v) is 4.68. The SMILES string of the molecule is COCO[C@@H]1[C@H]2C[C@H](CC(=O)OCc3ccccc3)ON2C[C@H]1OCOC. The Morgan fingerprint density at radius 1 is 1.15 bits per heavy atom. The Hall–Kier alpha value is -1.55. The van der Waals surface area contributed by atoms with Crippen molar-refractivity contribution < 1.29 is 33.3 Å². The van der Waals surface area contributed by atoms with Crippen LogP contribution >= 0.6 is 0 Å². The molecule has 2 saturated heterocycles. The maximum absolute atomic E-state index is 12.1. The van der Waals surface area contributed by atoms with E-state index in [1.807, 2.05) is 35.4 Å². The summed E-state index contributed by atoms with van der Waals surface area (Å²) in [4.78, 5) is 18.1. The minimum atomic E-state index is -0.272. The molecule has 0 radical (unpaired) electrons. The number of nitrogens with zero attached hydrogens (tertiary/aromatic N) is 1. The molecule has 0 aromatic heterocycles. The molecule has 0 bridgehead atoms. The van der Waals surface area contributed by atoms with Gasteiger partial charge in [-0.1, -0.05) is 30.3 Å². The maximum atomic E-state index is 12.1. The molecule has 0 amide bonds. The highest BCUT2D eigenvalue weighted by atomic mass is 16.7. The fourth-order valence-corrected chi connectivity index (χ4v) is 3.48. The minimum Gasteiger partial charge on any atom is -0.461 e. The van der Waals surface area contributed by atoms with Crippen LogP contribution in [0.4, 0.5) is 0 Å². The van der Waals surface area contributed by atoms with Gasteiger partial charge in [0, 0.05) is 14.2 Å². The molecule has 8 heteroatoms. The van der Waals surface area contributed by atoms with Gasteiger partial charge in [-0.25, -0.2) is 0 Å². The fourth-order valence-electron chi connectivity index (χ4n) is 3.48. The number of fused-ring (bicyclic) bond motifs is 1. The van der Waals surface area contributed by atoms with E-state index in [1.165, 1.54) is 0 Å². The van der Waals surface area contributed by atoms with E-state index in [-0.39, 0.29) is 56.9 Å². The highest BCUT2D eigenvalue weighted by Gasteiger charge is 2.50. The molecule has 0 spiro atoms. The zero-order valence-corrected chi connectivity index (χ0v) is 15.7. The molecule has 8 nitrogen and oxygen atoms in total. The number of methoxy groups -OCH3 is 2. The molecule has 1 aromatic carbocycles. The summed E-state index contributed by atoms with van der Waals surface area (Å²) in [5.41, 5.74) is 0.963. The Kier molecular flexibility index (Phi) is 7.57. The first-order valence-electron chi connectivity index (χ1n) is 9.05. The predicted molar refractivity (Wildman–Crippen MR) is 94.3 cm³/mol. The van der Waals surface area contributed by atoms with Crippen molar-refractivity contribution in [2.75, 3.05) is 34.4 Å². The number of hydrogen-bond donors (Lipinski definition) is 0. The largest absolute Gasteiger partial charge is 0.461 e. The Morgan fingerprint density at radius 2 is 1.89 bits per heavy atom. The van der Waals surface area contributed by atoms with E-state index in [2.05, 4.69) is 0 Å². The lowest BCUT2D eigenvalue weighted by atomic mass is 10.0. The van der Waals surface area contributed by atoms with E-state index in [4.69, 9.17) is 28.5 Å². The van der Waals surface area contributed by atoms with Crippen LogP contribution in [0.1, 0.15) is 18.4 Å². The lowest BCUT2D eigenvalue weighted by molar-refractivity contribution is -0.171. The van der Waals surface area contributed by atoms with E-state index < -0.39 is 0 Å². The van der Waals surface area contributed by atoms with Crippen molar-refractivity contribution in [2.45, 2.75) is 43.8 Å². The van der Waals surface area contributed by atoms with Gasteiger partial charge in [0.15, 0.2) is 0 Å². The summed E-state index contributed by atoms with van der Waals surface area (Å²) in [6.07, 6.45) is 0.277. The summed E-state index contributed by atoms with van der Waals surface area (Å²) in [6.45, 7) is 1.18. The second-order valence-corrected chi connectivity index (χ2v) is 6.63. The monoisotopic (exact) mass is 381 g/mol. The summed E-state index contributed by atoms with van der Waals surface area (Å²) in [5.74, 6) is -0.272. The Bertz CT molecular complexity index is 585. The van der Waals surface area contributed by atoms with Crippen LogP contribution in [0.25, 0.3) is 0 Å². The average Bonchev–Trinajstić information content (AvgIpc) is 3.21. The Labute approximate surface area is 159 Å². The molecular weight excluding hydrogens is 354 g/mol. The molecule has 150 valence electrons. The first kappa shape index (κ1) is 20.2. The van der Waals surface area contributed by atoms with E-state index in [1.54, 1.807) is 14.2 Å². The van der Waals surface area contributed by atoms with Crippen molar-refractivity contribution in [3.63, 3.8) is 0 Å². The number of benzene rings is 1. The van der Waals surface area contributed by atoms with Gasteiger partial charge >= 0.3 is 5.97 Å². The molecule has 0 unspecified atom stereocenters. The molecule has 2 heterocycles. The van der Waals surface area contributed by atoms with Gasteiger partial charge in [-0.05, 0) is 12.0 Å². The molecule has 0 aliphatic carbocycles. The third kappa shape index (κ3) is 5.47. The van der Waals surface area contributed by atoms with Gasteiger partial charge in [0.1, 0.15) is 32.4 Å². The summed E-state index contributed by atoms with van der Waals surface area (Å²) in [5, 5.41) is 1.84. The summed E-state index contributed by atoms with van der Waals surface area (Å²) >= 11 is 0. The Morgan fingerprint density at radius 3 is 2.63 bits per heavy atom. The van der Waals surface area contributed by atoms with E-state index in [0.717, 1.165) is 5.56 Å². The molecule has 2 fully saturated rings. The topological polar surface area (TPSA) is 75.7 Å². The molecule has 2 aliphatic rings. The highest BCUT2D eigenvalue weighted by Crippen LogP contribution is 2.35. The van der Waals surface area contributed by atoms with Crippen molar-refractivity contribution in [1.29, 1.82) is 0 Å². The summed E-state index contributed by atoms with van der Waals surface area (Å²) < 4.78 is 26.8. The average molecular weight is 381 g/mol. The highest BCUT2D eigenvalue weighted by molar-refractivity contribution is 5.70. The fraction of sp³-hybridized carbons (Fsp3) is 0.632. The molecule has 4 atom stereocenters. The zero-order valence-electron chi connectivity index (χ0n) is 15.7. The van der Waals surface area contributed by atoms with Gasteiger partial charge in [-0.2, -0.15) is 5.06 Å². The number of esters is 1. The summed E-state index contributed by atoms with van der Waals surface area (Å²) in [6, 6.07) is 9.62. The molecule has 0 N–H and O–H groups in total. The van der Waals surface area contributed by atoms with Crippen LogP contribution in [0.5, 0.6) is 0 Å². The summed E-state index contributed by atoms with van der Waals surface area (Å²) in [7, 11) is 3.16. The maximum Gasteiger partial charge on any atom is 0.308 e. The van der Waals surface area contributed by atoms with Gasteiger partial charge in [0.25, 0.3) is 0 Å². The van der Waals surface area contributed by atoms with E-state index in [0.29, 0.717) is 13.0 Å². The van der Waals surface area contributed by atoms with E-state index >= 15 is 0 Å². The number of ether oxygens (including phenoxy) is 5. The lowest BCUT2D eigenvalue weighted by Crippen LogP contribution is -2.37. The van der Waals surface area contributed by atoms with Gasteiger partial charge < -0.3 is 23.7 Å². The molecule has 0 saturated carbocycles.